The summed E-state index contributed by atoms with van der Waals surface area (Å²) in [6.45, 7) is 4.96. The maximum Gasteiger partial charge on any atom is 0.160 e. The zero-order valence-corrected chi connectivity index (χ0v) is 15.3. The van der Waals surface area contributed by atoms with Gasteiger partial charge >= 0.3 is 0 Å². The third-order valence-electron chi connectivity index (χ3n) is 5.25. The van der Waals surface area contributed by atoms with Crippen LogP contribution in [0.1, 0.15) is 22.4 Å². The van der Waals surface area contributed by atoms with Crippen LogP contribution in [0.25, 0.3) is 22.3 Å². The van der Waals surface area contributed by atoms with Crippen LogP contribution in [0.3, 0.4) is 0 Å². The number of H-pyrrole nitrogens is 1. The van der Waals surface area contributed by atoms with Gasteiger partial charge < -0.3 is 4.98 Å². The van der Waals surface area contributed by atoms with Gasteiger partial charge in [0.15, 0.2) is 5.82 Å². The van der Waals surface area contributed by atoms with Crippen molar-refractivity contribution in [2.75, 3.05) is 6.54 Å². The second kappa shape index (κ2) is 6.59. The van der Waals surface area contributed by atoms with Gasteiger partial charge in [0.05, 0.1) is 5.69 Å². The molecule has 134 valence electrons. The molecule has 5 heteroatoms. The third-order valence-corrected chi connectivity index (χ3v) is 5.25. The first-order valence-corrected chi connectivity index (χ1v) is 9.30. The molecule has 1 aliphatic rings. The molecule has 0 fully saturated rings. The van der Waals surface area contributed by atoms with Crippen LogP contribution in [0.5, 0.6) is 0 Å². The quantitative estimate of drug-likeness (QED) is 0.606. The van der Waals surface area contributed by atoms with Gasteiger partial charge in [0.2, 0.25) is 0 Å². The summed E-state index contributed by atoms with van der Waals surface area (Å²) in [5.74, 6) is 0.766. The maximum absolute atomic E-state index is 4.79. The van der Waals surface area contributed by atoms with Gasteiger partial charge in [-0.3, -0.25) is 9.88 Å². The summed E-state index contributed by atoms with van der Waals surface area (Å²) >= 11 is 0. The predicted octanol–water partition coefficient (Wildman–Crippen LogP) is 3.89. The molecule has 5 nitrogen and oxygen atoms in total. The smallest absolute Gasteiger partial charge is 0.160 e. The van der Waals surface area contributed by atoms with Crippen molar-refractivity contribution in [3.05, 3.63) is 77.5 Å². The first-order chi connectivity index (χ1) is 13.3. The van der Waals surface area contributed by atoms with Crippen LogP contribution in [0, 0.1) is 6.92 Å². The fourth-order valence-electron chi connectivity index (χ4n) is 3.82. The minimum absolute atomic E-state index is 0.766. The van der Waals surface area contributed by atoms with Crippen LogP contribution < -0.4 is 0 Å². The number of benzene rings is 1. The lowest BCUT2D eigenvalue weighted by Gasteiger charge is -2.27. The summed E-state index contributed by atoms with van der Waals surface area (Å²) < 4.78 is 0. The average molecular weight is 355 g/mol. The minimum Gasteiger partial charge on any atom is -0.361 e. The Labute approximate surface area is 158 Å². The van der Waals surface area contributed by atoms with Gasteiger partial charge in [0, 0.05) is 72.9 Å². The molecule has 0 spiro atoms. The van der Waals surface area contributed by atoms with Gasteiger partial charge in [-0.15, -0.1) is 0 Å². The van der Waals surface area contributed by atoms with E-state index in [-0.39, 0.29) is 0 Å². The van der Waals surface area contributed by atoms with E-state index in [4.69, 9.17) is 4.98 Å². The first-order valence-electron chi connectivity index (χ1n) is 9.30. The topological polar surface area (TPSA) is 57.7 Å². The Morgan fingerprint density at radius 2 is 2.15 bits per heavy atom. The van der Waals surface area contributed by atoms with Crippen LogP contribution in [-0.4, -0.2) is 31.4 Å². The van der Waals surface area contributed by atoms with Gasteiger partial charge in [-0.05, 0) is 36.2 Å². The molecule has 0 radical (unpaired) electrons. The van der Waals surface area contributed by atoms with E-state index in [1.165, 1.54) is 27.6 Å². The molecule has 0 aliphatic carbocycles. The van der Waals surface area contributed by atoms with E-state index < -0.39 is 0 Å². The van der Waals surface area contributed by atoms with E-state index in [2.05, 4.69) is 51.2 Å². The molecule has 0 atom stereocenters. The van der Waals surface area contributed by atoms with Gasteiger partial charge in [0.25, 0.3) is 0 Å². The number of hydrogen-bond donors (Lipinski definition) is 1. The van der Waals surface area contributed by atoms with Crippen LogP contribution >= 0.6 is 0 Å². The van der Waals surface area contributed by atoms with Gasteiger partial charge in [0.1, 0.15) is 0 Å². The largest absolute Gasteiger partial charge is 0.361 e. The summed E-state index contributed by atoms with van der Waals surface area (Å²) in [6, 6.07) is 10.5. The van der Waals surface area contributed by atoms with Crippen LogP contribution in [-0.2, 0) is 19.5 Å². The van der Waals surface area contributed by atoms with E-state index in [1.54, 1.807) is 6.20 Å². The molecule has 0 saturated carbocycles. The number of aromatic amines is 1. The number of fused-ring (bicyclic) bond motifs is 2. The van der Waals surface area contributed by atoms with Crippen molar-refractivity contribution < 1.29 is 0 Å². The lowest BCUT2D eigenvalue weighted by molar-refractivity contribution is 0.244. The number of aryl methyl sites for hydroxylation is 1. The number of rotatable bonds is 3. The number of hydrogen-bond acceptors (Lipinski definition) is 4. The highest BCUT2D eigenvalue weighted by Crippen LogP contribution is 2.25. The van der Waals surface area contributed by atoms with Crippen molar-refractivity contribution in [2.24, 2.45) is 0 Å². The van der Waals surface area contributed by atoms with Crippen molar-refractivity contribution in [2.45, 2.75) is 26.4 Å². The van der Waals surface area contributed by atoms with Crippen LogP contribution in [0.2, 0.25) is 0 Å². The summed E-state index contributed by atoms with van der Waals surface area (Å²) in [4.78, 5) is 19.4. The highest BCUT2D eigenvalue weighted by Gasteiger charge is 2.20. The molecule has 3 aromatic heterocycles. The summed E-state index contributed by atoms with van der Waals surface area (Å²) in [7, 11) is 0. The van der Waals surface area contributed by atoms with Gasteiger partial charge in [-0.2, -0.15) is 0 Å². The Balaban J connectivity index is 1.36. The zero-order chi connectivity index (χ0) is 18.2. The zero-order valence-electron chi connectivity index (χ0n) is 15.3. The molecule has 1 aromatic carbocycles. The Morgan fingerprint density at radius 1 is 1.19 bits per heavy atom. The molecule has 4 heterocycles. The van der Waals surface area contributed by atoms with Crippen LogP contribution in [0.15, 0.2) is 55.1 Å². The van der Waals surface area contributed by atoms with Crippen molar-refractivity contribution in [3.8, 4) is 11.4 Å². The highest BCUT2D eigenvalue weighted by atomic mass is 15.1. The van der Waals surface area contributed by atoms with Crippen molar-refractivity contribution in [1.82, 2.24) is 24.8 Å². The van der Waals surface area contributed by atoms with E-state index in [1.807, 2.05) is 24.5 Å². The van der Waals surface area contributed by atoms with Crippen molar-refractivity contribution >= 4 is 10.9 Å². The van der Waals surface area contributed by atoms with Crippen molar-refractivity contribution in [1.29, 1.82) is 0 Å². The standard InChI is InChI=1S/C22H21N5/c1-15-4-5-19-17(11-24-21(19)9-15)13-27-8-6-20-18(14-27)12-25-22(26-20)16-3-2-7-23-10-16/h2-5,7,9-12,24H,6,8,13-14H2,1H3. The number of pyridine rings is 1. The second-order valence-corrected chi connectivity index (χ2v) is 7.23. The fourth-order valence-corrected chi connectivity index (χ4v) is 3.82. The molecule has 0 bridgehead atoms. The van der Waals surface area contributed by atoms with E-state index in [0.29, 0.717) is 0 Å². The molecular formula is C22H21N5. The van der Waals surface area contributed by atoms with Crippen molar-refractivity contribution in [3.63, 3.8) is 0 Å². The minimum atomic E-state index is 0.766. The lowest BCUT2D eigenvalue weighted by atomic mass is 10.1. The average Bonchev–Trinajstić information content (AvgIpc) is 3.10. The Hall–Kier alpha value is -3.05. The lowest BCUT2D eigenvalue weighted by Crippen LogP contribution is -2.30. The van der Waals surface area contributed by atoms with Crippen LogP contribution in [0.4, 0.5) is 0 Å². The molecule has 0 amide bonds. The van der Waals surface area contributed by atoms with E-state index in [9.17, 15) is 0 Å². The second-order valence-electron chi connectivity index (χ2n) is 7.23. The Morgan fingerprint density at radius 3 is 3.04 bits per heavy atom. The third kappa shape index (κ3) is 3.11. The molecule has 5 rings (SSSR count). The summed E-state index contributed by atoms with van der Waals surface area (Å²) in [5, 5.41) is 1.31. The monoisotopic (exact) mass is 355 g/mol. The maximum atomic E-state index is 4.79. The predicted molar refractivity (Wildman–Crippen MR) is 106 cm³/mol. The first kappa shape index (κ1) is 16.1. The molecule has 0 unspecified atom stereocenters. The Kier molecular flexibility index (Phi) is 3.94. The highest BCUT2D eigenvalue weighted by molar-refractivity contribution is 5.83. The Bertz CT molecular complexity index is 1100. The molecule has 27 heavy (non-hydrogen) atoms. The molecule has 0 saturated heterocycles. The van der Waals surface area contributed by atoms with Gasteiger partial charge in [-0.1, -0.05) is 12.1 Å². The number of nitrogens with zero attached hydrogens (tertiary/aromatic N) is 4. The molecular weight excluding hydrogens is 334 g/mol. The van der Waals surface area contributed by atoms with E-state index >= 15 is 0 Å². The van der Waals surface area contributed by atoms with E-state index in [0.717, 1.165) is 43.1 Å². The fraction of sp³-hybridized carbons (Fsp3) is 0.227. The SMILES string of the molecule is Cc1ccc2c(CN3CCc4nc(-c5cccnc5)ncc4C3)c[nH]c2c1. The molecule has 1 N–H and O–H groups in total. The number of nitrogens with one attached hydrogen (secondary N) is 1. The molecule has 4 aromatic rings. The molecule has 1 aliphatic heterocycles. The number of aromatic nitrogens is 4. The van der Waals surface area contributed by atoms with Gasteiger partial charge in [-0.25, -0.2) is 9.97 Å². The normalized spacial score (nSPS) is 14.4. The summed E-state index contributed by atoms with van der Waals surface area (Å²) in [5.41, 5.74) is 7.20. The summed E-state index contributed by atoms with van der Waals surface area (Å²) in [6.07, 6.45) is 8.66.